The van der Waals surface area contributed by atoms with Crippen LogP contribution in [0.15, 0.2) is 18.3 Å². The molecule has 2 N–H and O–H groups in total. The zero-order chi connectivity index (χ0) is 22.2. The maximum atomic E-state index is 14.8. The number of fused-ring (bicyclic) bond motifs is 1. The second-order valence-electron chi connectivity index (χ2n) is 8.42. The topological polar surface area (TPSA) is 76.4 Å². The second-order valence-corrected chi connectivity index (χ2v) is 8.42. The molecule has 0 spiro atoms. The van der Waals surface area contributed by atoms with Crippen LogP contribution in [0.25, 0.3) is 17.0 Å². The van der Waals surface area contributed by atoms with Crippen LogP contribution in [0, 0.1) is 11.6 Å². The van der Waals surface area contributed by atoms with Gasteiger partial charge in [0.15, 0.2) is 23.1 Å². The third kappa shape index (κ3) is 3.76. The maximum Gasteiger partial charge on any atom is 0.168 e. The van der Waals surface area contributed by atoms with Crippen molar-refractivity contribution in [2.75, 3.05) is 25.5 Å². The molecule has 2 fully saturated rings. The molecule has 10 heteroatoms. The maximum absolute atomic E-state index is 14.8. The molecule has 0 bridgehead atoms. The Labute approximate surface area is 183 Å². The van der Waals surface area contributed by atoms with Crippen molar-refractivity contribution in [1.29, 1.82) is 0 Å². The van der Waals surface area contributed by atoms with Gasteiger partial charge in [0.1, 0.15) is 29.0 Å². The standard InChI is InChI=1S/C22H25F3N6O/c1-32-18-8-19-27-11-17(31(19)30-20(18)12-5-3-2-4-6-12)21-13(23)7-14(24)22(29-21)28-16-10-26-9-15(16)25/h7-8,11-12,15-16,26H,2-6,9-10H2,1H3,(H,28,29)/t15-,16-/m1/s1. The van der Waals surface area contributed by atoms with Crippen LogP contribution in [-0.2, 0) is 0 Å². The molecule has 1 saturated carbocycles. The van der Waals surface area contributed by atoms with Crippen molar-refractivity contribution in [3.63, 3.8) is 0 Å². The zero-order valence-electron chi connectivity index (χ0n) is 17.7. The van der Waals surface area contributed by atoms with Crippen LogP contribution in [0.1, 0.15) is 43.7 Å². The Morgan fingerprint density at radius 1 is 1.12 bits per heavy atom. The van der Waals surface area contributed by atoms with Crippen LogP contribution in [0.3, 0.4) is 0 Å². The van der Waals surface area contributed by atoms with E-state index in [2.05, 4.69) is 20.6 Å². The molecule has 32 heavy (non-hydrogen) atoms. The summed E-state index contributed by atoms with van der Waals surface area (Å²) in [6.45, 7) is 0.507. The second kappa shape index (κ2) is 8.57. The average molecular weight is 446 g/mol. The average Bonchev–Trinajstić information content (AvgIpc) is 3.40. The molecule has 2 aliphatic rings. The molecule has 0 amide bonds. The molecule has 5 rings (SSSR count). The molecule has 170 valence electrons. The predicted molar refractivity (Wildman–Crippen MR) is 114 cm³/mol. The van der Waals surface area contributed by atoms with Crippen molar-refractivity contribution in [3.8, 4) is 17.1 Å². The highest BCUT2D eigenvalue weighted by molar-refractivity contribution is 5.63. The number of hydrogen-bond acceptors (Lipinski definition) is 6. The van der Waals surface area contributed by atoms with E-state index in [1.165, 1.54) is 17.1 Å². The number of halogens is 3. The van der Waals surface area contributed by atoms with E-state index in [0.717, 1.165) is 37.4 Å². The number of anilines is 1. The van der Waals surface area contributed by atoms with Crippen LogP contribution < -0.4 is 15.4 Å². The van der Waals surface area contributed by atoms with Gasteiger partial charge in [-0.15, -0.1) is 0 Å². The summed E-state index contributed by atoms with van der Waals surface area (Å²) in [5.74, 6) is -1.02. The van der Waals surface area contributed by atoms with Crippen molar-refractivity contribution < 1.29 is 17.9 Å². The van der Waals surface area contributed by atoms with Gasteiger partial charge in [-0.3, -0.25) is 0 Å². The number of rotatable bonds is 5. The van der Waals surface area contributed by atoms with Gasteiger partial charge in [-0.1, -0.05) is 19.3 Å². The zero-order valence-corrected chi connectivity index (χ0v) is 17.7. The number of nitrogens with one attached hydrogen (secondary N) is 2. The van der Waals surface area contributed by atoms with Crippen LogP contribution in [0.4, 0.5) is 19.0 Å². The van der Waals surface area contributed by atoms with E-state index >= 15 is 0 Å². The fraction of sp³-hybridized carbons (Fsp3) is 0.500. The molecular weight excluding hydrogens is 421 g/mol. The molecule has 3 aromatic rings. The van der Waals surface area contributed by atoms with Gasteiger partial charge in [0.25, 0.3) is 0 Å². The van der Waals surface area contributed by atoms with E-state index in [1.807, 2.05) is 0 Å². The SMILES string of the molecule is COc1cc2ncc(-c3nc(N[C@@H]4CNC[C@H]4F)c(F)cc3F)n2nc1C1CCCCC1. The Morgan fingerprint density at radius 3 is 2.66 bits per heavy atom. The van der Waals surface area contributed by atoms with Crippen molar-refractivity contribution in [2.45, 2.75) is 50.2 Å². The highest BCUT2D eigenvalue weighted by Crippen LogP contribution is 2.37. The number of alkyl halides is 1. The lowest BCUT2D eigenvalue weighted by atomic mass is 9.86. The highest BCUT2D eigenvalue weighted by Gasteiger charge is 2.29. The number of hydrogen-bond donors (Lipinski definition) is 2. The van der Waals surface area contributed by atoms with Crippen molar-refractivity contribution >= 4 is 11.5 Å². The fourth-order valence-corrected chi connectivity index (χ4v) is 4.61. The number of methoxy groups -OCH3 is 1. The normalized spacial score (nSPS) is 21.9. The Morgan fingerprint density at radius 2 is 1.94 bits per heavy atom. The molecule has 1 aliphatic heterocycles. The Hall–Kier alpha value is -2.88. The van der Waals surface area contributed by atoms with E-state index in [-0.39, 0.29) is 24.0 Å². The minimum absolute atomic E-state index is 0.102. The van der Waals surface area contributed by atoms with Crippen molar-refractivity contribution in [3.05, 3.63) is 35.7 Å². The number of nitrogens with zero attached hydrogens (tertiary/aromatic N) is 4. The lowest BCUT2D eigenvalue weighted by Gasteiger charge is -2.22. The third-order valence-electron chi connectivity index (χ3n) is 6.33. The minimum Gasteiger partial charge on any atom is -0.495 e. The first-order valence-corrected chi connectivity index (χ1v) is 11.0. The summed E-state index contributed by atoms with van der Waals surface area (Å²) >= 11 is 0. The monoisotopic (exact) mass is 446 g/mol. The molecule has 1 aliphatic carbocycles. The number of imidazole rings is 1. The van der Waals surface area contributed by atoms with Crippen LogP contribution in [0.5, 0.6) is 5.75 Å². The summed E-state index contributed by atoms with van der Waals surface area (Å²) in [5.41, 5.74) is 1.47. The van der Waals surface area contributed by atoms with Gasteiger partial charge in [0, 0.05) is 31.1 Å². The Balaban J connectivity index is 1.57. The number of aromatic nitrogens is 4. The summed E-state index contributed by atoms with van der Waals surface area (Å²) in [7, 11) is 1.60. The van der Waals surface area contributed by atoms with Gasteiger partial charge in [-0.05, 0) is 12.8 Å². The van der Waals surface area contributed by atoms with Crippen LogP contribution in [-0.4, -0.2) is 52.0 Å². The first kappa shape index (κ1) is 21.0. The summed E-state index contributed by atoms with van der Waals surface area (Å²) in [6.07, 6.45) is 5.74. The third-order valence-corrected chi connectivity index (χ3v) is 6.33. The summed E-state index contributed by atoms with van der Waals surface area (Å²) < 4.78 is 50.3. The number of ether oxygens (including phenoxy) is 1. The van der Waals surface area contributed by atoms with Gasteiger partial charge in [0.05, 0.1) is 19.3 Å². The molecule has 0 aromatic carbocycles. The molecule has 0 radical (unpaired) electrons. The fourth-order valence-electron chi connectivity index (χ4n) is 4.61. The largest absolute Gasteiger partial charge is 0.495 e. The molecule has 7 nitrogen and oxygen atoms in total. The van der Waals surface area contributed by atoms with E-state index < -0.39 is 23.8 Å². The van der Waals surface area contributed by atoms with Gasteiger partial charge in [-0.2, -0.15) is 5.10 Å². The number of pyridine rings is 1. The first-order chi connectivity index (χ1) is 15.5. The molecular formula is C22H25F3N6O. The van der Waals surface area contributed by atoms with Gasteiger partial charge < -0.3 is 15.4 Å². The minimum atomic E-state index is -1.19. The van der Waals surface area contributed by atoms with Crippen molar-refractivity contribution in [1.82, 2.24) is 24.9 Å². The van der Waals surface area contributed by atoms with Gasteiger partial charge in [-0.25, -0.2) is 27.7 Å². The molecule has 0 unspecified atom stereocenters. The van der Waals surface area contributed by atoms with Crippen molar-refractivity contribution in [2.24, 2.45) is 0 Å². The van der Waals surface area contributed by atoms with E-state index in [9.17, 15) is 13.2 Å². The molecule has 2 atom stereocenters. The van der Waals surface area contributed by atoms with Crippen LogP contribution >= 0.6 is 0 Å². The van der Waals surface area contributed by atoms with Gasteiger partial charge >= 0.3 is 0 Å². The lowest BCUT2D eigenvalue weighted by molar-refractivity contribution is 0.341. The van der Waals surface area contributed by atoms with Crippen LogP contribution in [0.2, 0.25) is 0 Å². The lowest BCUT2D eigenvalue weighted by Crippen LogP contribution is -2.30. The highest BCUT2D eigenvalue weighted by atomic mass is 19.1. The Bertz CT molecular complexity index is 1130. The summed E-state index contributed by atoms with van der Waals surface area (Å²) in [5, 5.41) is 10.4. The quantitative estimate of drug-likeness (QED) is 0.620. The van der Waals surface area contributed by atoms with E-state index in [0.29, 0.717) is 23.6 Å². The Kier molecular flexibility index (Phi) is 5.62. The van der Waals surface area contributed by atoms with E-state index in [4.69, 9.17) is 9.84 Å². The molecule has 1 saturated heterocycles. The first-order valence-electron chi connectivity index (χ1n) is 11.0. The summed E-state index contributed by atoms with van der Waals surface area (Å²) in [4.78, 5) is 8.49. The summed E-state index contributed by atoms with van der Waals surface area (Å²) in [6, 6.07) is 1.89. The molecule has 3 aromatic heterocycles. The van der Waals surface area contributed by atoms with Gasteiger partial charge in [0.2, 0.25) is 0 Å². The smallest absolute Gasteiger partial charge is 0.168 e. The molecule has 4 heterocycles. The predicted octanol–water partition coefficient (Wildman–Crippen LogP) is 3.85. The van der Waals surface area contributed by atoms with E-state index in [1.54, 1.807) is 13.2 Å².